The molecule has 2 N–H and O–H groups in total. The molecular weight excluding hydrogens is 420 g/mol. The van der Waals surface area contributed by atoms with Gasteiger partial charge in [0.15, 0.2) is 0 Å². The molecule has 3 aromatic carbocycles. The number of ether oxygens (including phenoxy) is 1. The van der Waals surface area contributed by atoms with Gasteiger partial charge in [-0.25, -0.2) is 4.98 Å². The molecule has 0 unspecified atom stereocenters. The first-order valence-electron chi connectivity index (χ1n) is 10.4. The second-order valence-corrected chi connectivity index (χ2v) is 7.65. The third-order valence-electron chi connectivity index (χ3n) is 5.56. The summed E-state index contributed by atoms with van der Waals surface area (Å²) in [6.45, 7) is 0.421. The molecule has 0 atom stereocenters. The van der Waals surface area contributed by atoms with Crippen molar-refractivity contribution in [1.29, 1.82) is 0 Å². The molecular formula is C25H20N4O4. The van der Waals surface area contributed by atoms with Gasteiger partial charge in [-0.15, -0.1) is 0 Å². The minimum atomic E-state index is -0.420. The number of hydrogen-bond acceptors (Lipinski definition) is 5. The molecule has 4 aromatic rings. The Kier molecular flexibility index (Phi) is 5.20. The number of amides is 3. The molecule has 0 spiro atoms. The number of nitrogens with one attached hydrogen (secondary N) is 2. The number of imide groups is 1. The number of fused-ring (bicyclic) bond motifs is 2. The van der Waals surface area contributed by atoms with Crippen LogP contribution in [0.15, 0.2) is 66.7 Å². The van der Waals surface area contributed by atoms with Crippen LogP contribution in [0.4, 0.5) is 5.69 Å². The Morgan fingerprint density at radius 1 is 1.00 bits per heavy atom. The van der Waals surface area contributed by atoms with Crippen LogP contribution in [0.1, 0.15) is 31.1 Å². The summed E-state index contributed by atoms with van der Waals surface area (Å²) < 4.78 is 4.96. The molecule has 0 radical (unpaired) electrons. The van der Waals surface area contributed by atoms with Gasteiger partial charge in [-0.2, -0.15) is 0 Å². The van der Waals surface area contributed by atoms with E-state index in [1.165, 1.54) is 19.2 Å². The number of aromatic nitrogens is 2. The minimum absolute atomic E-state index is 0.169. The summed E-state index contributed by atoms with van der Waals surface area (Å²) in [6, 6.07) is 19.6. The van der Waals surface area contributed by atoms with Crippen LogP contribution < -0.4 is 5.32 Å². The van der Waals surface area contributed by atoms with Crippen LogP contribution in [0.25, 0.3) is 22.4 Å². The lowest BCUT2D eigenvalue weighted by Crippen LogP contribution is -2.32. The molecule has 0 saturated heterocycles. The summed E-state index contributed by atoms with van der Waals surface area (Å²) in [4.78, 5) is 46.8. The molecule has 3 amide bonds. The zero-order valence-electron chi connectivity index (χ0n) is 17.8. The largest absolute Gasteiger partial charge is 0.383 e. The van der Waals surface area contributed by atoms with Crippen molar-refractivity contribution in [3.05, 3.63) is 83.4 Å². The van der Waals surface area contributed by atoms with Crippen molar-refractivity contribution < 1.29 is 19.1 Å². The number of para-hydroxylation sites is 2. The van der Waals surface area contributed by atoms with Crippen LogP contribution in [0.2, 0.25) is 0 Å². The van der Waals surface area contributed by atoms with E-state index in [2.05, 4.69) is 15.3 Å². The summed E-state index contributed by atoms with van der Waals surface area (Å²) in [5.74, 6) is -0.421. The Bertz CT molecular complexity index is 1360. The van der Waals surface area contributed by atoms with E-state index in [0.717, 1.165) is 27.3 Å². The third kappa shape index (κ3) is 3.77. The molecule has 164 valence electrons. The van der Waals surface area contributed by atoms with Crippen LogP contribution >= 0.6 is 0 Å². The van der Waals surface area contributed by atoms with Gasteiger partial charge in [0.05, 0.1) is 35.3 Å². The maximum absolute atomic E-state index is 12.8. The van der Waals surface area contributed by atoms with E-state index in [1.807, 2.05) is 36.4 Å². The molecule has 8 nitrogen and oxygen atoms in total. The number of imidazole rings is 1. The maximum Gasteiger partial charge on any atom is 0.261 e. The molecule has 1 aromatic heterocycles. The number of hydrogen-bond donors (Lipinski definition) is 2. The highest BCUT2D eigenvalue weighted by Gasteiger charge is 2.35. The molecule has 5 rings (SSSR count). The van der Waals surface area contributed by atoms with Crippen molar-refractivity contribution in [2.45, 2.75) is 0 Å². The highest BCUT2D eigenvalue weighted by molar-refractivity contribution is 6.22. The molecule has 0 bridgehead atoms. The average molecular weight is 440 g/mol. The van der Waals surface area contributed by atoms with Gasteiger partial charge in [0.1, 0.15) is 5.82 Å². The number of carbonyl (C=O) groups excluding carboxylic acids is 3. The number of methoxy groups -OCH3 is 1. The van der Waals surface area contributed by atoms with Crippen LogP contribution in [-0.2, 0) is 4.74 Å². The fourth-order valence-electron chi connectivity index (χ4n) is 3.82. The zero-order chi connectivity index (χ0) is 22.9. The standard InChI is InChI=1S/C25H20N4O4/c1-33-13-12-29-24(31)18-11-8-16(14-19(18)25(29)32)23(30)26-17-9-6-15(7-10-17)22-27-20-4-2-3-5-21(20)28-22/h2-11,14H,12-13H2,1H3,(H,26,30)(H,27,28). The van der Waals surface area contributed by atoms with Crippen LogP contribution in [-0.4, -0.2) is 52.9 Å². The van der Waals surface area contributed by atoms with Gasteiger partial charge in [0, 0.05) is 23.9 Å². The molecule has 0 saturated carbocycles. The fourth-order valence-corrected chi connectivity index (χ4v) is 3.82. The van der Waals surface area contributed by atoms with Crippen molar-refractivity contribution in [2.75, 3.05) is 25.6 Å². The number of rotatable bonds is 6. The van der Waals surface area contributed by atoms with Gasteiger partial charge in [-0.05, 0) is 54.6 Å². The Morgan fingerprint density at radius 2 is 1.76 bits per heavy atom. The van der Waals surface area contributed by atoms with Crippen molar-refractivity contribution in [3.8, 4) is 11.4 Å². The number of nitrogens with zero attached hydrogens (tertiary/aromatic N) is 2. The van der Waals surface area contributed by atoms with Gasteiger partial charge >= 0.3 is 0 Å². The van der Waals surface area contributed by atoms with Crippen molar-refractivity contribution in [3.63, 3.8) is 0 Å². The van der Waals surface area contributed by atoms with Crippen molar-refractivity contribution in [1.82, 2.24) is 14.9 Å². The van der Waals surface area contributed by atoms with Crippen LogP contribution in [0.3, 0.4) is 0 Å². The first-order valence-corrected chi connectivity index (χ1v) is 10.4. The van der Waals surface area contributed by atoms with Crippen molar-refractivity contribution in [2.24, 2.45) is 0 Å². The topological polar surface area (TPSA) is 104 Å². The van der Waals surface area contributed by atoms with Gasteiger partial charge < -0.3 is 15.0 Å². The monoisotopic (exact) mass is 440 g/mol. The number of anilines is 1. The quantitative estimate of drug-likeness (QED) is 0.445. The predicted octanol–water partition coefficient (Wildman–Crippen LogP) is 3.72. The molecule has 8 heteroatoms. The van der Waals surface area contributed by atoms with E-state index in [-0.39, 0.29) is 30.5 Å². The SMILES string of the molecule is COCCN1C(=O)c2ccc(C(=O)Nc3ccc(-c4nc5ccccc5[nH]4)cc3)cc2C1=O. The van der Waals surface area contributed by atoms with Gasteiger partial charge in [-0.1, -0.05) is 12.1 Å². The summed E-state index contributed by atoms with van der Waals surface area (Å²) >= 11 is 0. The van der Waals surface area contributed by atoms with Gasteiger partial charge in [0.2, 0.25) is 0 Å². The average Bonchev–Trinajstić information content (AvgIpc) is 3.37. The minimum Gasteiger partial charge on any atom is -0.383 e. The summed E-state index contributed by atoms with van der Waals surface area (Å²) in [5.41, 5.74) is 4.15. The molecule has 2 heterocycles. The zero-order valence-corrected chi connectivity index (χ0v) is 17.8. The molecule has 1 aliphatic rings. The van der Waals surface area contributed by atoms with E-state index >= 15 is 0 Å². The Morgan fingerprint density at radius 3 is 2.52 bits per heavy atom. The Balaban J connectivity index is 1.32. The predicted molar refractivity (Wildman–Crippen MR) is 123 cm³/mol. The third-order valence-corrected chi connectivity index (χ3v) is 5.56. The number of benzene rings is 3. The van der Waals surface area contributed by atoms with E-state index in [9.17, 15) is 14.4 Å². The van der Waals surface area contributed by atoms with Gasteiger partial charge in [-0.3, -0.25) is 19.3 Å². The fraction of sp³-hybridized carbons (Fsp3) is 0.120. The summed E-state index contributed by atoms with van der Waals surface area (Å²) in [5, 5.41) is 2.83. The maximum atomic E-state index is 12.8. The summed E-state index contributed by atoms with van der Waals surface area (Å²) in [6.07, 6.45) is 0. The highest BCUT2D eigenvalue weighted by Crippen LogP contribution is 2.25. The highest BCUT2D eigenvalue weighted by atomic mass is 16.5. The van der Waals surface area contributed by atoms with E-state index in [0.29, 0.717) is 16.8 Å². The second kappa shape index (κ2) is 8.33. The van der Waals surface area contributed by atoms with Crippen LogP contribution in [0, 0.1) is 0 Å². The van der Waals surface area contributed by atoms with Gasteiger partial charge in [0.25, 0.3) is 17.7 Å². The number of H-pyrrole nitrogens is 1. The molecule has 0 fully saturated rings. The Hall–Kier alpha value is -4.30. The van der Waals surface area contributed by atoms with E-state index in [4.69, 9.17) is 4.74 Å². The first kappa shape index (κ1) is 20.6. The van der Waals surface area contributed by atoms with E-state index < -0.39 is 5.91 Å². The molecule has 1 aliphatic heterocycles. The lowest BCUT2D eigenvalue weighted by atomic mass is 10.1. The Labute approximate surface area is 189 Å². The molecule has 33 heavy (non-hydrogen) atoms. The number of carbonyl (C=O) groups is 3. The normalized spacial score (nSPS) is 12.9. The lowest BCUT2D eigenvalue weighted by molar-refractivity contribution is 0.0603. The smallest absolute Gasteiger partial charge is 0.261 e. The molecule has 0 aliphatic carbocycles. The van der Waals surface area contributed by atoms with Crippen LogP contribution in [0.5, 0.6) is 0 Å². The first-order chi connectivity index (χ1) is 16.0. The second-order valence-electron chi connectivity index (χ2n) is 7.65. The lowest BCUT2D eigenvalue weighted by Gasteiger charge is -2.12. The van der Waals surface area contributed by atoms with Crippen molar-refractivity contribution >= 4 is 34.4 Å². The summed E-state index contributed by atoms with van der Waals surface area (Å²) in [7, 11) is 1.50. The number of aromatic amines is 1. The van der Waals surface area contributed by atoms with E-state index in [1.54, 1.807) is 18.2 Å².